The molecule has 2 unspecified atom stereocenters. The summed E-state index contributed by atoms with van der Waals surface area (Å²) in [7, 11) is 0. The molecule has 100 valence electrons. The van der Waals surface area contributed by atoms with Gasteiger partial charge in [-0.05, 0) is 20.3 Å². The Morgan fingerprint density at radius 1 is 1.65 bits per heavy atom. The normalized spacial score (nSPS) is 24.1. The van der Waals surface area contributed by atoms with Gasteiger partial charge in [0.15, 0.2) is 0 Å². The Bertz CT molecular complexity index is 235. The van der Waals surface area contributed by atoms with Crippen LogP contribution in [0.5, 0.6) is 0 Å². The number of hydrogen-bond acceptors (Lipinski definition) is 5. The van der Waals surface area contributed by atoms with Crippen LogP contribution in [0.3, 0.4) is 0 Å². The fraction of sp³-hybridized carbons (Fsp3) is 0.917. The predicted octanol–water partition coefficient (Wildman–Crippen LogP) is 0.411. The molecular weight excluding hydrogens is 222 g/mol. The molecule has 1 aliphatic heterocycles. The van der Waals surface area contributed by atoms with E-state index in [9.17, 15) is 9.90 Å². The van der Waals surface area contributed by atoms with Gasteiger partial charge in [0.2, 0.25) is 0 Å². The monoisotopic (exact) mass is 245 g/mol. The molecule has 2 atom stereocenters. The molecule has 1 N–H and O–H groups in total. The highest BCUT2D eigenvalue weighted by atomic mass is 16.5. The summed E-state index contributed by atoms with van der Waals surface area (Å²) in [5.74, 6) is -0.334. The molecule has 5 heteroatoms. The van der Waals surface area contributed by atoms with Crippen LogP contribution in [0.25, 0.3) is 0 Å². The van der Waals surface area contributed by atoms with E-state index < -0.39 is 6.10 Å². The van der Waals surface area contributed by atoms with Crippen molar-refractivity contribution in [2.45, 2.75) is 38.9 Å². The third-order valence-electron chi connectivity index (χ3n) is 2.71. The molecule has 1 saturated heterocycles. The van der Waals surface area contributed by atoms with Crippen molar-refractivity contribution in [3.63, 3.8) is 0 Å². The van der Waals surface area contributed by atoms with E-state index in [1.54, 1.807) is 6.92 Å². The highest BCUT2D eigenvalue weighted by Crippen LogP contribution is 2.07. The van der Waals surface area contributed by atoms with Crippen LogP contribution in [0.15, 0.2) is 0 Å². The lowest BCUT2D eigenvalue weighted by atomic mass is 10.2. The lowest BCUT2D eigenvalue weighted by molar-refractivity contribution is -0.145. The second kappa shape index (κ2) is 7.63. The maximum Gasteiger partial charge on any atom is 0.308 e. The molecule has 0 aromatic carbocycles. The molecule has 5 nitrogen and oxygen atoms in total. The molecule has 1 rings (SSSR count). The topological polar surface area (TPSA) is 59.0 Å². The number of aliphatic hydroxyl groups is 1. The van der Waals surface area contributed by atoms with Crippen molar-refractivity contribution in [2.75, 3.05) is 32.8 Å². The standard InChI is InChI=1S/C12H23NO4/c1-3-16-12(15)7-11(14)9-13-5-4-6-17-10(2)8-13/h10-11,14H,3-9H2,1-2H3. The zero-order valence-electron chi connectivity index (χ0n) is 10.7. The Hall–Kier alpha value is -0.650. The van der Waals surface area contributed by atoms with Gasteiger partial charge < -0.3 is 14.6 Å². The van der Waals surface area contributed by atoms with Crippen molar-refractivity contribution in [3.05, 3.63) is 0 Å². The van der Waals surface area contributed by atoms with Crippen LogP contribution in [-0.2, 0) is 14.3 Å². The smallest absolute Gasteiger partial charge is 0.308 e. The molecule has 0 aromatic heterocycles. The van der Waals surface area contributed by atoms with Gasteiger partial charge in [0.05, 0.1) is 25.2 Å². The Morgan fingerprint density at radius 3 is 3.12 bits per heavy atom. The van der Waals surface area contributed by atoms with E-state index in [0.717, 1.165) is 26.1 Å². The zero-order chi connectivity index (χ0) is 12.7. The van der Waals surface area contributed by atoms with Crippen molar-refractivity contribution in [3.8, 4) is 0 Å². The predicted molar refractivity (Wildman–Crippen MR) is 63.7 cm³/mol. The minimum absolute atomic E-state index is 0.0690. The van der Waals surface area contributed by atoms with Crippen LogP contribution in [0.2, 0.25) is 0 Å². The SMILES string of the molecule is CCOC(=O)CC(O)CN1CCCOC(C)C1. The summed E-state index contributed by atoms with van der Waals surface area (Å²) in [5, 5.41) is 9.79. The van der Waals surface area contributed by atoms with Gasteiger partial charge in [0.1, 0.15) is 0 Å². The molecule has 17 heavy (non-hydrogen) atoms. The lowest BCUT2D eigenvalue weighted by Gasteiger charge is -2.24. The van der Waals surface area contributed by atoms with Crippen LogP contribution >= 0.6 is 0 Å². The number of esters is 1. The summed E-state index contributed by atoms with van der Waals surface area (Å²) in [6, 6.07) is 0. The first-order valence-corrected chi connectivity index (χ1v) is 6.29. The molecule has 1 fully saturated rings. The molecule has 0 radical (unpaired) electrons. The van der Waals surface area contributed by atoms with Crippen LogP contribution < -0.4 is 0 Å². The summed E-state index contributed by atoms with van der Waals surface area (Å²) in [5.41, 5.74) is 0. The third-order valence-corrected chi connectivity index (χ3v) is 2.71. The molecule has 0 bridgehead atoms. The Balaban J connectivity index is 2.28. The number of aliphatic hydroxyl groups excluding tert-OH is 1. The largest absolute Gasteiger partial charge is 0.466 e. The van der Waals surface area contributed by atoms with E-state index in [2.05, 4.69) is 4.90 Å². The average molecular weight is 245 g/mol. The van der Waals surface area contributed by atoms with E-state index in [4.69, 9.17) is 9.47 Å². The molecule has 0 aliphatic carbocycles. The Kier molecular flexibility index (Phi) is 6.47. The van der Waals surface area contributed by atoms with Gasteiger partial charge in [-0.25, -0.2) is 0 Å². The molecule has 0 spiro atoms. The first kappa shape index (κ1) is 14.4. The Labute approximate surface area is 103 Å². The van der Waals surface area contributed by atoms with Crippen molar-refractivity contribution in [2.24, 2.45) is 0 Å². The quantitative estimate of drug-likeness (QED) is 0.711. The van der Waals surface area contributed by atoms with Crippen LogP contribution in [0.1, 0.15) is 26.7 Å². The van der Waals surface area contributed by atoms with Crippen molar-refractivity contribution >= 4 is 5.97 Å². The van der Waals surface area contributed by atoms with E-state index in [1.165, 1.54) is 0 Å². The second-order valence-electron chi connectivity index (χ2n) is 4.46. The number of rotatable bonds is 5. The van der Waals surface area contributed by atoms with Crippen molar-refractivity contribution < 1.29 is 19.4 Å². The van der Waals surface area contributed by atoms with Gasteiger partial charge in [-0.1, -0.05) is 0 Å². The third kappa shape index (κ3) is 6.00. The van der Waals surface area contributed by atoms with Crippen LogP contribution in [0.4, 0.5) is 0 Å². The van der Waals surface area contributed by atoms with Gasteiger partial charge in [-0.2, -0.15) is 0 Å². The summed E-state index contributed by atoms with van der Waals surface area (Å²) in [6.07, 6.45) is 0.572. The van der Waals surface area contributed by atoms with Crippen LogP contribution in [0, 0.1) is 0 Å². The van der Waals surface area contributed by atoms with E-state index in [-0.39, 0.29) is 18.5 Å². The first-order valence-electron chi connectivity index (χ1n) is 6.29. The average Bonchev–Trinajstić information content (AvgIpc) is 2.42. The van der Waals surface area contributed by atoms with Gasteiger partial charge in [-0.3, -0.25) is 9.69 Å². The fourth-order valence-corrected chi connectivity index (χ4v) is 2.02. The summed E-state index contributed by atoms with van der Waals surface area (Å²) in [4.78, 5) is 13.3. The van der Waals surface area contributed by atoms with Gasteiger partial charge in [0, 0.05) is 26.2 Å². The summed E-state index contributed by atoms with van der Waals surface area (Å²) in [6.45, 7) is 7.14. The fourth-order valence-electron chi connectivity index (χ4n) is 2.02. The maximum atomic E-state index is 11.2. The maximum absolute atomic E-state index is 11.2. The highest BCUT2D eigenvalue weighted by Gasteiger charge is 2.19. The number of nitrogens with zero attached hydrogens (tertiary/aromatic N) is 1. The zero-order valence-corrected chi connectivity index (χ0v) is 10.7. The lowest BCUT2D eigenvalue weighted by Crippen LogP contribution is -2.37. The number of hydrogen-bond donors (Lipinski definition) is 1. The summed E-state index contributed by atoms with van der Waals surface area (Å²) < 4.78 is 10.3. The molecule has 0 saturated carbocycles. The molecule has 1 heterocycles. The van der Waals surface area contributed by atoms with Crippen molar-refractivity contribution in [1.29, 1.82) is 0 Å². The van der Waals surface area contributed by atoms with Crippen molar-refractivity contribution in [1.82, 2.24) is 4.90 Å². The highest BCUT2D eigenvalue weighted by molar-refractivity contribution is 5.69. The number of β-amino-alcohol motifs (C(OH)–C–C–N with tert-alkyl or cyclic N) is 1. The van der Waals surface area contributed by atoms with Gasteiger partial charge >= 0.3 is 5.97 Å². The van der Waals surface area contributed by atoms with E-state index >= 15 is 0 Å². The van der Waals surface area contributed by atoms with Gasteiger partial charge in [0.25, 0.3) is 0 Å². The number of carbonyl (C=O) groups is 1. The molecule has 0 amide bonds. The van der Waals surface area contributed by atoms with E-state index in [0.29, 0.717) is 13.2 Å². The molecular formula is C12H23NO4. The first-order chi connectivity index (χ1) is 8.11. The summed E-state index contributed by atoms with van der Waals surface area (Å²) >= 11 is 0. The Morgan fingerprint density at radius 2 is 2.41 bits per heavy atom. The molecule has 1 aliphatic rings. The number of ether oxygens (including phenoxy) is 2. The minimum Gasteiger partial charge on any atom is -0.466 e. The molecule has 0 aromatic rings. The number of carbonyl (C=O) groups excluding carboxylic acids is 1. The van der Waals surface area contributed by atoms with Crippen LogP contribution in [-0.4, -0.2) is 61.0 Å². The second-order valence-corrected chi connectivity index (χ2v) is 4.46. The minimum atomic E-state index is -0.653. The van der Waals surface area contributed by atoms with E-state index in [1.807, 2.05) is 6.92 Å². The van der Waals surface area contributed by atoms with Gasteiger partial charge in [-0.15, -0.1) is 0 Å².